The van der Waals surface area contributed by atoms with E-state index in [4.69, 9.17) is 23.7 Å². The number of carbonyl (C=O) groups is 2. The van der Waals surface area contributed by atoms with Gasteiger partial charge < -0.3 is 33.9 Å². The second-order valence-corrected chi connectivity index (χ2v) is 8.23. The SMILES string of the molecule is CCOc1cc(C(=O)Nc2ccc3c(c2)OCC(=O)N3CCOc2ccccc2)cc(OCC)c1OCC. The third-order valence-corrected chi connectivity index (χ3v) is 5.66. The van der Waals surface area contributed by atoms with Gasteiger partial charge in [0.05, 0.1) is 32.1 Å². The predicted octanol–water partition coefficient (Wildman–Crippen LogP) is 4.94. The molecule has 4 rings (SSSR count). The van der Waals surface area contributed by atoms with Gasteiger partial charge in [-0.1, -0.05) is 18.2 Å². The standard InChI is InChI=1S/C29H32N2O7/c1-4-34-25-16-20(17-26(35-5-2)28(25)36-6-3)29(33)30-21-12-13-23-24(18-21)38-19-27(32)31(23)14-15-37-22-10-8-7-9-11-22/h7-13,16-18H,4-6,14-15,19H2,1-3H3,(H,30,33). The van der Waals surface area contributed by atoms with Crippen molar-refractivity contribution in [2.45, 2.75) is 20.8 Å². The smallest absolute Gasteiger partial charge is 0.265 e. The maximum absolute atomic E-state index is 13.2. The van der Waals surface area contributed by atoms with E-state index in [1.54, 1.807) is 35.2 Å². The monoisotopic (exact) mass is 520 g/mol. The Morgan fingerprint density at radius 3 is 2.24 bits per heavy atom. The van der Waals surface area contributed by atoms with Crippen LogP contribution in [-0.4, -0.2) is 51.4 Å². The molecule has 1 N–H and O–H groups in total. The number of nitrogens with zero attached hydrogens (tertiary/aromatic N) is 1. The van der Waals surface area contributed by atoms with Crippen molar-refractivity contribution in [2.24, 2.45) is 0 Å². The summed E-state index contributed by atoms with van der Waals surface area (Å²) in [4.78, 5) is 27.3. The molecule has 0 spiro atoms. The van der Waals surface area contributed by atoms with Crippen LogP contribution in [0.15, 0.2) is 60.7 Å². The zero-order valence-electron chi connectivity index (χ0n) is 21.8. The van der Waals surface area contributed by atoms with Gasteiger partial charge in [-0.15, -0.1) is 0 Å². The van der Waals surface area contributed by atoms with Crippen molar-refractivity contribution in [1.82, 2.24) is 0 Å². The highest BCUT2D eigenvalue weighted by Crippen LogP contribution is 2.40. The summed E-state index contributed by atoms with van der Waals surface area (Å²) in [5.41, 5.74) is 1.50. The van der Waals surface area contributed by atoms with Crippen LogP contribution >= 0.6 is 0 Å². The first-order valence-electron chi connectivity index (χ1n) is 12.7. The molecule has 1 heterocycles. The van der Waals surface area contributed by atoms with E-state index in [-0.39, 0.29) is 18.4 Å². The van der Waals surface area contributed by atoms with Gasteiger partial charge in [0.1, 0.15) is 18.1 Å². The maximum Gasteiger partial charge on any atom is 0.265 e. The lowest BCUT2D eigenvalue weighted by Crippen LogP contribution is -2.41. The van der Waals surface area contributed by atoms with Crippen molar-refractivity contribution in [3.8, 4) is 28.7 Å². The summed E-state index contributed by atoms with van der Waals surface area (Å²) in [7, 11) is 0. The minimum Gasteiger partial charge on any atom is -0.492 e. The molecule has 38 heavy (non-hydrogen) atoms. The number of hydrogen-bond donors (Lipinski definition) is 1. The van der Waals surface area contributed by atoms with Gasteiger partial charge in [0.15, 0.2) is 18.1 Å². The molecular formula is C29H32N2O7. The number of hydrogen-bond acceptors (Lipinski definition) is 7. The van der Waals surface area contributed by atoms with Gasteiger partial charge in [-0.25, -0.2) is 0 Å². The summed E-state index contributed by atoms with van der Waals surface area (Å²) < 4.78 is 28.6. The van der Waals surface area contributed by atoms with Crippen LogP contribution in [0.2, 0.25) is 0 Å². The average Bonchev–Trinajstić information content (AvgIpc) is 2.92. The Hall–Kier alpha value is -4.40. The van der Waals surface area contributed by atoms with E-state index < -0.39 is 0 Å². The van der Waals surface area contributed by atoms with Crippen molar-refractivity contribution in [3.63, 3.8) is 0 Å². The molecule has 0 unspecified atom stereocenters. The lowest BCUT2D eigenvalue weighted by Gasteiger charge is -2.29. The molecule has 9 nitrogen and oxygen atoms in total. The van der Waals surface area contributed by atoms with Crippen LogP contribution in [0.5, 0.6) is 28.7 Å². The fraction of sp³-hybridized carbons (Fsp3) is 0.310. The second-order valence-electron chi connectivity index (χ2n) is 8.23. The normalized spacial score (nSPS) is 12.3. The highest BCUT2D eigenvalue weighted by molar-refractivity contribution is 6.06. The minimum atomic E-state index is -0.352. The average molecular weight is 521 g/mol. The van der Waals surface area contributed by atoms with Gasteiger partial charge in [-0.05, 0) is 57.2 Å². The molecule has 0 saturated heterocycles. The number of nitrogens with one attached hydrogen (secondary N) is 1. The molecule has 0 atom stereocenters. The molecule has 2 amide bonds. The van der Waals surface area contributed by atoms with Crippen molar-refractivity contribution >= 4 is 23.2 Å². The molecule has 0 fully saturated rings. The van der Waals surface area contributed by atoms with Crippen LogP contribution in [-0.2, 0) is 4.79 Å². The highest BCUT2D eigenvalue weighted by Gasteiger charge is 2.26. The van der Waals surface area contributed by atoms with Gasteiger partial charge >= 0.3 is 0 Å². The number of amides is 2. The molecule has 0 aromatic heterocycles. The number of benzene rings is 3. The third-order valence-electron chi connectivity index (χ3n) is 5.66. The topological polar surface area (TPSA) is 95.6 Å². The van der Waals surface area contributed by atoms with Crippen molar-refractivity contribution in [2.75, 3.05) is 49.8 Å². The molecule has 0 bridgehead atoms. The van der Waals surface area contributed by atoms with Crippen LogP contribution < -0.4 is 33.9 Å². The molecule has 0 radical (unpaired) electrons. The Morgan fingerprint density at radius 2 is 1.58 bits per heavy atom. The number of ether oxygens (including phenoxy) is 5. The second kappa shape index (κ2) is 12.7. The van der Waals surface area contributed by atoms with Gasteiger partial charge in [-0.3, -0.25) is 9.59 Å². The van der Waals surface area contributed by atoms with E-state index in [0.29, 0.717) is 72.9 Å². The summed E-state index contributed by atoms with van der Waals surface area (Å²) >= 11 is 0. The van der Waals surface area contributed by atoms with Crippen molar-refractivity contribution < 1.29 is 33.3 Å². The van der Waals surface area contributed by atoms with E-state index in [1.165, 1.54) is 0 Å². The van der Waals surface area contributed by atoms with Crippen LogP contribution in [0, 0.1) is 0 Å². The first-order chi connectivity index (χ1) is 18.5. The third kappa shape index (κ3) is 6.29. The zero-order valence-corrected chi connectivity index (χ0v) is 21.8. The van der Waals surface area contributed by atoms with E-state index in [1.807, 2.05) is 51.1 Å². The summed E-state index contributed by atoms with van der Waals surface area (Å²) in [6, 6.07) is 17.9. The van der Waals surface area contributed by atoms with Gasteiger partial charge in [-0.2, -0.15) is 0 Å². The number of rotatable bonds is 12. The van der Waals surface area contributed by atoms with Gasteiger partial charge in [0.2, 0.25) is 5.75 Å². The van der Waals surface area contributed by atoms with E-state index in [0.717, 1.165) is 5.75 Å². The van der Waals surface area contributed by atoms with Crippen LogP contribution in [0.1, 0.15) is 31.1 Å². The first-order valence-corrected chi connectivity index (χ1v) is 12.7. The van der Waals surface area contributed by atoms with Crippen LogP contribution in [0.3, 0.4) is 0 Å². The first kappa shape index (κ1) is 26.7. The maximum atomic E-state index is 13.2. The number of carbonyl (C=O) groups excluding carboxylic acids is 2. The van der Waals surface area contributed by atoms with Gasteiger partial charge in [0.25, 0.3) is 11.8 Å². The number of para-hydroxylation sites is 1. The molecular weight excluding hydrogens is 488 g/mol. The van der Waals surface area contributed by atoms with Crippen molar-refractivity contribution in [3.05, 3.63) is 66.2 Å². The van der Waals surface area contributed by atoms with E-state index in [2.05, 4.69) is 5.32 Å². The molecule has 1 aliphatic heterocycles. The van der Waals surface area contributed by atoms with Gasteiger partial charge in [0, 0.05) is 17.3 Å². The quantitative estimate of drug-likeness (QED) is 0.361. The summed E-state index contributed by atoms with van der Waals surface area (Å²) in [5, 5.41) is 2.89. The molecule has 0 saturated carbocycles. The van der Waals surface area contributed by atoms with Crippen LogP contribution in [0.4, 0.5) is 11.4 Å². The lowest BCUT2D eigenvalue weighted by molar-refractivity contribution is -0.121. The molecule has 1 aliphatic rings. The highest BCUT2D eigenvalue weighted by atomic mass is 16.5. The molecule has 200 valence electrons. The Morgan fingerprint density at radius 1 is 0.895 bits per heavy atom. The lowest BCUT2D eigenvalue weighted by atomic mass is 10.1. The summed E-state index contributed by atoms with van der Waals surface area (Å²) in [5.74, 6) is 2.06. The number of fused-ring (bicyclic) bond motifs is 1. The Balaban J connectivity index is 1.50. The molecule has 9 heteroatoms. The Bertz CT molecular complexity index is 1240. The van der Waals surface area contributed by atoms with Crippen molar-refractivity contribution in [1.29, 1.82) is 0 Å². The largest absolute Gasteiger partial charge is 0.492 e. The van der Waals surface area contributed by atoms with E-state index >= 15 is 0 Å². The fourth-order valence-electron chi connectivity index (χ4n) is 4.02. The fourth-order valence-corrected chi connectivity index (χ4v) is 4.02. The Labute approximate surface area is 222 Å². The molecule has 0 aliphatic carbocycles. The summed E-state index contributed by atoms with van der Waals surface area (Å²) in [6.45, 7) is 7.43. The predicted molar refractivity (Wildman–Crippen MR) is 144 cm³/mol. The number of anilines is 2. The molecule has 3 aromatic rings. The molecule has 3 aromatic carbocycles. The van der Waals surface area contributed by atoms with E-state index in [9.17, 15) is 9.59 Å². The summed E-state index contributed by atoms with van der Waals surface area (Å²) in [6.07, 6.45) is 0. The Kier molecular flexibility index (Phi) is 8.92. The van der Waals surface area contributed by atoms with Crippen LogP contribution in [0.25, 0.3) is 0 Å². The minimum absolute atomic E-state index is 0.0932. The zero-order chi connectivity index (χ0) is 26.9.